The van der Waals surface area contributed by atoms with Gasteiger partial charge in [-0.15, -0.1) is 36.8 Å². The summed E-state index contributed by atoms with van der Waals surface area (Å²) in [6, 6.07) is 0. The third-order valence-electron chi connectivity index (χ3n) is 1.12. The number of nitrogens with one attached hydrogen (secondary N) is 1. The molecule has 0 spiro atoms. The average molecular weight is 420 g/mol. The van der Waals surface area contributed by atoms with Crippen LogP contribution in [0.4, 0.5) is 0 Å². The first kappa shape index (κ1) is 38.6. The number of rotatable bonds is 2. The van der Waals surface area contributed by atoms with Crippen molar-refractivity contribution in [2.75, 3.05) is 6.61 Å². The van der Waals surface area contributed by atoms with Crippen LogP contribution in [0.3, 0.4) is 0 Å². The first-order valence-corrected chi connectivity index (χ1v) is 13.7. The van der Waals surface area contributed by atoms with Gasteiger partial charge in [0.1, 0.15) is 0 Å². The zero-order valence-corrected chi connectivity index (χ0v) is 20.9. The monoisotopic (exact) mass is 419 g/mol. The van der Waals surface area contributed by atoms with E-state index in [4.69, 9.17) is 10.2 Å². The molecule has 0 saturated carbocycles. The molecular formula is C15H35Cl2NOSi2Ti-4. The van der Waals surface area contributed by atoms with E-state index in [1.807, 2.05) is 59.7 Å². The third-order valence-corrected chi connectivity index (χ3v) is 2.19. The number of hydrogen-bond acceptors (Lipinski definition) is 1. The second-order valence-corrected chi connectivity index (χ2v) is 10.2. The second-order valence-electron chi connectivity index (χ2n) is 5.71. The predicted octanol–water partition coefficient (Wildman–Crippen LogP) is 5.19. The maximum absolute atomic E-state index is 6.94. The Morgan fingerprint density at radius 2 is 1.64 bits per heavy atom. The van der Waals surface area contributed by atoms with Crippen molar-refractivity contribution in [3.63, 3.8) is 0 Å². The van der Waals surface area contributed by atoms with Gasteiger partial charge in [0.2, 0.25) is 0 Å². The molecule has 0 aromatic rings. The van der Waals surface area contributed by atoms with Crippen LogP contribution in [-0.2, 0) is 23.6 Å². The molecule has 0 aromatic carbocycles. The topological polar surface area (TPSA) is 33.0 Å². The molecule has 1 aliphatic carbocycles. The Hall–Kier alpha value is 1.13. The van der Waals surface area contributed by atoms with Gasteiger partial charge in [-0.05, 0) is 19.6 Å². The van der Waals surface area contributed by atoms with Gasteiger partial charge in [0.15, 0.2) is 8.32 Å². The summed E-state index contributed by atoms with van der Waals surface area (Å²) in [5, 5.41) is 0. The molecule has 0 amide bonds. The minimum absolute atomic E-state index is 0. The third kappa shape index (κ3) is 83.4. The van der Waals surface area contributed by atoms with Crippen LogP contribution in [0.5, 0.6) is 0 Å². The molecule has 1 rings (SSSR count). The van der Waals surface area contributed by atoms with Crippen molar-refractivity contribution >= 4 is 40.8 Å². The molecule has 0 saturated heterocycles. The van der Waals surface area contributed by atoms with Crippen LogP contribution in [0.25, 0.3) is 5.73 Å². The molecular weight excluding hydrogens is 385 g/mol. The first-order valence-electron chi connectivity index (χ1n) is 6.31. The van der Waals surface area contributed by atoms with Gasteiger partial charge < -0.3 is 24.5 Å². The van der Waals surface area contributed by atoms with E-state index in [9.17, 15) is 0 Å². The predicted molar refractivity (Wildman–Crippen MR) is 110 cm³/mol. The van der Waals surface area contributed by atoms with Gasteiger partial charge in [-0.3, -0.25) is 6.08 Å². The summed E-state index contributed by atoms with van der Waals surface area (Å²) in [6.45, 7) is 16.2. The van der Waals surface area contributed by atoms with Crippen molar-refractivity contribution in [1.29, 1.82) is 0 Å². The van der Waals surface area contributed by atoms with Gasteiger partial charge in [0.25, 0.3) is 0 Å². The molecule has 0 aromatic heterocycles. The van der Waals surface area contributed by atoms with E-state index in [-0.39, 0.29) is 37.8 Å². The van der Waals surface area contributed by atoms with Crippen LogP contribution < -0.4 is 0 Å². The van der Waals surface area contributed by atoms with Crippen LogP contribution >= 0.6 is 24.8 Å². The van der Waals surface area contributed by atoms with E-state index in [0.717, 1.165) is 6.42 Å². The van der Waals surface area contributed by atoms with Gasteiger partial charge in [-0.1, -0.05) is 27.4 Å². The SMILES string of the molecule is CC(C)(C)[NH-].Cl.Cl.[C-]1=CC=CC1.[CH2-]CO[Si](C)(C)C.[CH3-].[SiH2]=[Ti]. The molecule has 0 fully saturated rings. The zero-order chi connectivity index (χ0) is 15.9. The average Bonchev–Trinajstić information content (AvgIpc) is 2.73. The van der Waals surface area contributed by atoms with E-state index < -0.39 is 8.32 Å². The second kappa shape index (κ2) is 24.4. The maximum atomic E-state index is 6.94. The van der Waals surface area contributed by atoms with Gasteiger partial charge in [0.05, 0.1) is 0 Å². The molecule has 7 heteroatoms. The summed E-state index contributed by atoms with van der Waals surface area (Å²) >= 11 is 2.03. The zero-order valence-electron chi connectivity index (χ0n) is 15.3. The van der Waals surface area contributed by atoms with Crippen molar-refractivity contribution in [1.82, 2.24) is 0 Å². The van der Waals surface area contributed by atoms with Crippen molar-refractivity contribution in [2.24, 2.45) is 0 Å². The fraction of sp³-hybridized carbons (Fsp3) is 0.600. The molecule has 0 bridgehead atoms. The molecule has 0 atom stereocenters. The summed E-state index contributed by atoms with van der Waals surface area (Å²) in [5.74, 6) is 0. The summed E-state index contributed by atoms with van der Waals surface area (Å²) in [6.07, 6.45) is 10.0. The van der Waals surface area contributed by atoms with Crippen LogP contribution in [0.1, 0.15) is 27.2 Å². The standard InChI is InChI=1S/C5H13OSi.C5H5.C4H10N.CH3.2ClH.H2Si.Ti/c1-5-6-7(2,3)4;1-2-4-5-3-1;1-4(2,3)5;;;;;/h1,5H2,2-4H3;1-3H,4H2;5H,1-3H3;1H3;2*1H;1H2;/q4*-1;;;;. The quantitative estimate of drug-likeness (QED) is 0.447. The minimum atomic E-state index is -1.22. The summed E-state index contributed by atoms with van der Waals surface area (Å²) < 4.78 is 5.26. The molecule has 0 unspecified atom stereocenters. The Kier molecular flexibility index (Phi) is 42.8. The van der Waals surface area contributed by atoms with Gasteiger partial charge in [-0.25, -0.2) is 12.2 Å². The molecule has 2 nitrogen and oxygen atoms in total. The molecule has 136 valence electrons. The number of allylic oxidation sites excluding steroid dienone is 4. The van der Waals surface area contributed by atoms with Crippen LogP contribution in [0.2, 0.25) is 19.6 Å². The van der Waals surface area contributed by atoms with E-state index in [1.54, 1.807) is 0 Å². The molecule has 0 aliphatic heterocycles. The van der Waals surface area contributed by atoms with Crippen molar-refractivity contribution in [2.45, 2.75) is 52.4 Å². The van der Waals surface area contributed by atoms with E-state index in [0.29, 0.717) is 6.61 Å². The van der Waals surface area contributed by atoms with Crippen LogP contribution in [0, 0.1) is 20.4 Å². The Balaban J connectivity index is -0.0000000392. The number of halogens is 2. The van der Waals surface area contributed by atoms with Crippen molar-refractivity contribution in [3.8, 4) is 0 Å². The molecule has 22 heavy (non-hydrogen) atoms. The van der Waals surface area contributed by atoms with Gasteiger partial charge >= 0.3 is 26.8 Å². The summed E-state index contributed by atoms with van der Waals surface area (Å²) in [4.78, 5) is 0. The van der Waals surface area contributed by atoms with Crippen LogP contribution in [0.15, 0.2) is 18.2 Å². The Morgan fingerprint density at radius 3 is 1.68 bits per heavy atom. The molecule has 0 radical (unpaired) electrons. The fourth-order valence-corrected chi connectivity index (χ4v) is 1.26. The first-order chi connectivity index (χ1) is 8.56. The normalized spacial score (nSPS) is 10.7. The van der Waals surface area contributed by atoms with Crippen molar-refractivity contribution < 1.29 is 23.6 Å². The molecule has 1 N–H and O–H groups in total. The molecule has 1 aliphatic rings. The summed E-state index contributed by atoms with van der Waals surface area (Å²) in [7, 11) is 0.641. The Bertz CT molecular complexity index is 237. The summed E-state index contributed by atoms with van der Waals surface area (Å²) in [5.41, 5.74) is 6.69. The van der Waals surface area contributed by atoms with E-state index in [1.165, 1.54) is 0 Å². The number of hydrogen-bond donors (Lipinski definition) is 0. The van der Waals surface area contributed by atoms with Crippen molar-refractivity contribution in [3.05, 3.63) is 44.4 Å². The van der Waals surface area contributed by atoms with E-state index in [2.05, 4.69) is 38.7 Å². The molecule has 0 heterocycles. The van der Waals surface area contributed by atoms with Gasteiger partial charge in [-0.2, -0.15) is 6.08 Å². The Morgan fingerprint density at radius 1 is 1.27 bits per heavy atom. The van der Waals surface area contributed by atoms with E-state index >= 15 is 0 Å². The fourth-order valence-electron chi connectivity index (χ4n) is 0.646. The van der Waals surface area contributed by atoms with Gasteiger partial charge in [0, 0.05) is 0 Å². The van der Waals surface area contributed by atoms with Crippen LogP contribution in [-0.4, -0.2) is 28.1 Å². The Labute approximate surface area is 167 Å².